The average molecular weight is 481 g/mol. The zero-order valence-corrected chi connectivity index (χ0v) is 20.4. The van der Waals surface area contributed by atoms with Crippen LogP contribution < -0.4 is 14.8 Å². The van der Waals surface area contributed by atoms with E-state index in [-0.39, 0.29) is 25.0 Å². The van der Waals surface area contributed by atoms with Crippen LogP contribution in [0.25, 0.3) is 0 Å². The number of methoxy groups -OCH3 is 1. The Morgan fingerprint density at radius 2 is 1.69 bits per heavy atom. The number of carbonyl (C=O) groups is 2. The van der Waals surface area contributed by atoms with Crippen molar-refractivity contribution in [2.24, 2.45) is 5.92 Å². The molecule has 0 aliphatic carbocycles. The van der Waals surface area contributed by atoms with E-state index in [1.54, 1.807) is 49.6 Å². The summed E-state index contributed by atoms with van der Waals surface area (Å²) in [5, 5.41) is 3.75. The molecular formula is C24H30Cl2N2O4. The summed E-state index contributed by atoms with van der Waals surface area (Å²) in [5.41, 5.74) is 0.771. The van der Waals surface area contributed by atoms with Gasteiger partial charge in [-0.15, -0.1) is 0 Å². The molecule has 0 saturated heterocycles. The van der Waals surface area contributed by atoms with Crippen LogP contribution in [0.4, 0.5) is 0 Å². The van der Waals surface area contributed by atoms with Crippen molar-refractivity contribution in [2.75, 3.05) is 20.3 Å². The summed E-state index contributed by atoms with van der Waals surface area (Å²) >= 11 is 12.2. The van der Waals surface area contributed by atoms with E-state index in [2.05, 4.69) is 5.32 Å². The SMILES string of the molecule is CC[C@H](C(=O)NCC(C)C)N(Cc1ccc(Cl)c(Cl)c1)C(=O)COc1ccc(OC)cc1. The van der Waals surface area contributed by atoms with Gasteiger partial charge in [-0.25, -0.2) is 0 Å². The van der Waals surface area contributed by atoms with Crippen molar-refractivity contribution in [2.45, 2.75) is 39.8 Å². The zero-order chi connectivity index (χ0) is 23.7. The van der Waals surface area contributed by atoms with Gasteiger partial charge in [0.25, 0.3) is 5.91 Å². The highest BCUT2D eigenvalue weighted by Crippen LogP contribution is 2.24. The minimum atomic E-state index is -0.643. The van der Waals surface area contributed by atoms with Crippen molar-refractivity contribution < 1.29 is 19.1 Å². The molecule has 0 aliphatic rings. The fourth-order valence-corrected chi connectivity index (χ4v) is 3.40. The van der Waals surface area contributed by atoms with Gasteiger partial charge < -0.3 is 19.7 Å². The highest BCUT2D eigenvalue weighted by molar-refractivity contribution is 6.42. The summed E-state index contributed by atoms with van der Waals surface area (Å²) in [7, 11) is 1.58. The normalized spacial score (nSPS) is 11.7. The maximum atomic E-state index is 13.2. The monoisotopic (exact) mass is 480 g/mol. The minimum Gasteiger partial charge on any atom is -0.497 e. The van der Waals surface area contributed by atoms with Gasteiger partial charge in [0.15, 0.2) is 6.61 Å². The highest BCUT2D eigenvalue weighted by atomic mass is 35.5. The lowest BCUT2D eigenvalue weighted by Gasteiger charge is -2.31. The van der Waals surface area contributed by atoms with Crippen LogP contribution in [0.2, 0.25) is 10.0 Å². The van der Waals surface area contributed by atoms with E-state index < -0.39 is 6.04 Å². The van der Waals surface area contributed by atoms with Gasteiger partial charge in [-0.1, -0.05) is 50.0 Å². The van der Waals surface area contributed by atoms with Crippen LogP contribution in [0.15, 0.2) is 42.5 Å². The van der Waals surface area contributed by atoms with E-state index in [4.69, 9.17) is 32.7 Å². The maximum Gasteiger partial charge on any atom is 0.261 e. The van der Waals surface area contributed by atoms with Gasteiger partial charge >= 0.3 is 0 Å². The van der Waals surface area contributed by atoms with Gasteiger partial charge in [0.1, 0.15) is 17.5 Å². The molecule has 0 aromatic heterocycles. The Bertz CT molecular complexity index is 903. The molecule has 0 spiro atoms. The standard InChI is InChI=1S/C24H30Cl2N2O4/c1-5-22(24(30)27-13-16(2)3)28(14-17-6-11-20(25)21(26)12-17)23(29)15-32-19-9-7-18(31-4)8-10-19/h6-12,16,22H,5,13-15H2,1-4H3,(H,27,30)/t22-/m1/s1. The number of amides is 2. The molecule has 2 aromatic rings. The first kappa shape index (κ1) is 25.8. The van der Waals surface area contributed by atoms with Crippen LogP contribution in [0, 0.1) is 5.92 Å². The van der Waals surface area contributed by atoms with Crippen molar-refractivity contribution in [3.05, 3.63) is 58.1 Å². The molecule has 1 N–H and O–H groups in total. The molecule has 32 heavy (non-hydrogen) atoms. The number of ether oxygens (including phenoxy) is 2. The molecule has 0 fully saturated rings. The zero-order valence-electron chi connectivity index (χ0n) is 18.9. The Labute approximate surface area is 199 Å². The molecule has 2 amide bonds. The summed E-state index contributed by atoms with van der Waals surface area (Å²) in [4.78, 5) is 27.6. The van der Waals surface area contributed by atoms with Crippen molar-refractivity contribution in [1.29, 1.82) is 0 Å². The van der Waals surface area contributed by atoms with Crippen LogP contribution in [0.5, 0.6) is 11.5 Å². The Hall–Kier alpha value is -2.44. The van der Waals surface area contributed by atoms with Crippen molar-refractivity contribution >= 4 is 35.0 Å². The summed E-state index contributed by atoms with van der Waals surface area (Å²) in [5.74, 6) is 1.02. The molecule has 0 aliphatic heterocycles. The van der Waals surface area contributed by atoms with Gasteiger partial charge in [0.2, 0.25) is 5.91 Å². The summed E-state index contributed by atoms with van der Waals surface area (Å²) in [6, 6.07) is 11.5. The Balaban J connectivity index is 2.20. The van der Waals surface area contributed by atoms with Gasteiger partial charge in [0.05, 0.1) is 17.2 Å². The lowest BCUT2D eigenvalue weighted by Crippen LogP contribution is -2.50. The predicted octanol–water partition coefficient (Wildman–Crippen LogP) is 4.96. The number of benzene rings is 2. The Kier molecular flexibility index (Phi) is 10.1. The predicted molar refractivity (Wildman–Crippen MR) is 127 cm³/mol. The second-order valence-electron chi connectivity index (χ2n) is 7.80. The number of rotatable bonds is 11. The average Bonchev–Trinajstić information content (AvgIpc) is 2.78. The quantitative estimate of drug-likeness (QED) is 0.493. The molecule has 2 rings (SSSR count). The third-order valence-electron chi connectivity index (χ3n) is 4.83. The fourth-order valence-electron chi connectivity index (χ4n) is 3.08. The van der Waals surface area contributed by atoms with Gasteiger partial charge in [0, 0.05) is 13.1 Å². The van der Waals surface area contributed by atoms with Crippen LogP contribution in [0.3, 0.4) is 0 Å². The molecule has 6 nitrogen and oxygen atoms in total. The fraction of sp³-hybridized carbons (Fsp3) is 0.417. The number of nitrogens with zero attached hydrogens (tertiary/aromatic N) is 1. The van der Waals surface area contributed by atoms with E-state index in [9.17, 15) is 9.59 Å². The largest absolute Gasteiger partial charge is 0.497 e. The Morgan fingerprint density at radius 3 is 2.25 bits per heavy atom. The molecule has 8 heteroatoms. The topological polar surface area (TPSA) is 67.9 Å². The number of nitrogens with one attached hydrogen (secondary N) is 1. The number of halogens is 2. The van der Waals surface area contributed by atoms with Gasteiger partial charge in [-0.2, -0.15) is 0 Å². The molecule has 0 bridgehead atoms. The molecule has 1 atom stereocenters. The van der Waals surface area contributed by atoms with Crippen LogP contribution >= 0.6 is 23.2 Å². The summed E-state index contributed by atoms with van der Waals surface area (Å²) in [6.45, 7) is 6.44. The lowest BCUT2D eigenvalue weighted by atomic mass is 10.1. The number of hydrogen-bond donors (Lipinski definition) is 1. The van der Waals surface area contributed by atoms with Crippen LogP contribution in [-0.4, -0.2) is 43.0 Å². The van der Waals surface area contributed by atoms with Crippen LogP contribution in [-0.2, 0) is 16.1 Å². The summed E-state index contributed by atoms with van der Waals surface area (Å²) in [6.07, 6.45) is 0.458. The lowest BCUT2D eigenvalue weighted by molar-refractivity contribution is -0.143. The second-order valence-corrected chi connectivity index (χ2v) is 8.61. The maximum absolute atomic E-state index is 13.2. The van der Waals surface area contributed by atoms with Gasteiger partial charge in [-0.3, -0.25) is 9.59 Å². The van der Waals surface area contributed by atoms with Gasteiger partial charge in [-0.05, 0) is 54.3 Å². The van der Waals surface area contributed by atoms with E-state index in [1.165, 1.54) is 4.90 Å². The smallest absolute Gasteiger partial charge is 0.261 e. The van der Waals surface area contributed by atoms with E-state index in [0.29, 0.717) is 40.4 Å². The molecule has 174 valence electrons. The van der Waals surface area contributed by atoms with E-state index >= 15 is 0 Å². The highest BCUT2D eigenvalue weighted by Gasteiger charge is 2.29. The minimum absolute atomic E-state index is 0.195. The molecule has 0 saturated carbocycles. The first-order chi connectivity index (χ1) is 15.2. The van der Waals surface area contributed by atoms with Crippen molar-refractivity contribution in [3.63, 3.8) is 0 Å². The Morgan fingerprint density at radius 1 is 1.03 bits per heavy atom. The number of hydrogen-bond acceptors (Lipinski definition) is 4. The molecular weight excluding hydrogens is 451 g/mol. The van der Waals surface area contributed by atoms with Crippen molar-refractivity contribution in [1.82, 2.24) is 10.2 Å². The third kappa shape index (κ3) is 7.61. The van der Waals surface area contributed by atoms with E-state index in [0.717, 1.165) is 5.56 Å². The molecule has 0 unspecified atom stereocenters. The molecule has 2 aromatic carbocycles. The van der Waals surface area contributed by atoms with E-state index in [1.807, 2.05) is 20.8 Å². The third-order valence-corrected chi connectivity index (χ3v) is 5.57. The first-order valence-electron chi connectivity index (χ1n) is 10.5. The molecule has 0 radical (unpaired) electrons. The summed E-state index contributed by atoms with van der Waals surface area (Å²) < 4.78 is 10.8. The number of carbonyl (C=O) groups excluding carboxylic acids is 2. The molecule has 0 heterocycles. The van der Waals surface area contributed by atoms with Crippen molar-refractivity contribution in [3.8, 4) is 11.5 Å². The first-order valence-corrected chi connectivity index (χ1v) is 11.3. The second kappa shape index (κ2) is 12.6. The van der Waals surface area contributed by atoms with Crippen LogP contribution in [0.1, 0.15) is 32.8 Å².